The Kier molecular flexibility index (Phi) is 7.19. The van der Waals surface area contributed by atoms with Gasteiger partial charge in [0.15, 0.2) is 0 Å². The van der Waals surface area contributed by atoms with E-state index in [1.165, 1.54) is 5.56 Å². The number of pyridine rings is 1. The van der Waals surface area contributed by atoms with Crippen LogP contribution in [0, 0.1) is 11.8 Å². The van der Waals surface area contributed by atoms with Gasteiger partial charge < -0.3 is 15.1 Å². The number of aliphatic hydroxyl groups is 2. The van der Waals surface area contributed by atoms with Crippen molar-refractivity contribution in [2.24, 2.45) is 0 Å². The summed E-state index contributed by atoms with van der Waals surface area (Å²) in [5.74, 6) is 6.56. The van der Waals surface area contributed by atoms with Crippen LogP contribution in [-0.2, 0) is 11.2 Å². The van der Waals surface area contributed by atoms with Crippen molar-refractivity contribution in [2.45, 2.75) is 68.5 Å². The van der Waals surface area contributed by atoms with Crippen molar-refractivity contribution >= 4 is 5.91 Å². The van der Waals surface area contributed by atoms with Gasteiger partial charge >= 0.3 is 0 Å². The highest BCUT2D eigenvalue weighted by molar-refractivity contribution is 5.78. The summed E-state index contributed by atoms with van der Waals surface area (Å²) in [6.07, 6.45) is 9.44. The lowest BCUT2D eigenvalue weighted by Crippen LogP contribution is -2.68. The van der Waals surface area contributed by atoms with Crippen LogP contribution in [0.5, 0.6) is 0 Å². The third kappa shape index (κ3) is 5.28. The fourth-order valence-electron chi connectivity index (χ4n) is 6.02. The SMILES string of the molecule is O=C(Cc1ccncc1)N1CCCCN2[C@H](C1)[C@H](c1ccc(C#CC3(O)CCCC3)cc1)[C@@H]2CO. The molecule has 3 heterocycles. The number of carbonyl (C=O) groups is 1. The molecular weight excluding hydrogens is 438 g/mol. The number of aliphatic hydroxyl groups excluding tert-OH is 1. The van der Waals surface area contributed by atoms with E-state index in [9.17, 15) is 15.0 Å². The summed E-state index contributed by atoms with van der Waals surface area (Å²) < 4.78 is 0. The van der Waals surface area contributed by atoms with E-state index in [0.29, 0.717) is 13.0 Å². The van der Waals surface area contributed by atoms with Crippen molar-refractivity contribution in [2.75, 3.05) is 26.2 Å². The fraction of sp³-hybridized carbons (Fsp3) is 0.517. The molecule has 2 aromatic rings. The standard InChI is InChI=1S/C29H35N3O3/c33-21-26-28(24-7-5-22(6-8-24)9-14-29(35)12-1-2-13-29)25-20-31(17-3-4-18-32(25)26)27(34)19-23-10-15-30-16-11-23/h5-8,10-11,15-16,25-26,28,33,35H,1-4,12-13,17-21H2/t25-,26+,28+/m1/s1. The van der Waals surface area contributed by atoms with Crippen LogP contribution in [0.15, 0.2) is 48.8 Å². The monoisotopic (exact) mass is 473 g/mol. The molecule has 3 fully saturated rings. The summed E-state index contributed by atoms with van der Waals surface area (Å²) in [6, 6.07) is 12.3. The van der Waals surface area contributed by atoms with Gasteiger partial charge in [0.1, 0.15) is 5.60 Å². The van der Waals surface area contributed by atoms with Crippen LogP contribution in [0.1, 0.15) is 61.1 Å². The molecule has 0 bridgehead atoms. The molecule has 184 valence electrons. The lowest BCUT2D eigenvalue weighted by atomic mass is 9.74. The van der Waals surface area contributed by atoms with E-state index >= 15 is 0 Å². The Balaban J connectivity index is 1.31. The zero-order chi connectivity index (χ0) is 24.3. The average molecular weight is 474 g/mol. The van der Waals surface area contributed by atoms with Gasteiger partial charge in [-0.1, -0.05) is 24.0 Å². The predicted molar refractivity (Wildman–Crippen MR) is 135 cm³/mol. The second-order valence-corrected chi connectivity index (χ2v) is 10.3. The minimum absolute atomic E-state index is 0.0754. The second kappa shape index (κ2) is 10.5. The molecule has 6 heteroatoms. The molecule has 1 saturated carbocycles. The molecule has 5 rings (SSSR count). The third-order valence-electron chi connectivity index (χ3n) is 7.99. The maximum atomic E-state index is 13.2. The Morgan fingerprint density at radius 2 is 1.74 bits per heavy atom. The smallest absolute Gasteiger partial charge is 0.227 e. The minimum Gasteiger partial charge on any atom is -0.395 e. The van der Waals surface area contributed by atoms with Crippen molar-refractivity contribution in [3.8, 4) is 11.8 Å². The van der Waals surface area contributed by atoms with Crippen molar-refractivity contribution in [1.82, 2.24) is 14.8 Å². The van der Waals surface area contributed by atoms with Gasteiger partial charge in [0.05, 0.1) is 13.0 Å². The third-order valence-corrected chi connectivity index (χ3v) is 7.99. The lowest BCUT2D eigenvalue weighted by Gasteiger charge is -2.57. The highest BCUT2D eigenvalue weighted by Gasteiger charge is 2.49. The Bertz CT molecular complexity index is 1070. The second-order valence-electron chi connectivity index (χ2n) is 10.3. The average Bonchev–Trinajstić information content (AvgIpc) is 3.30. The van der Waals surface area contributed by atoms with Crippen LogP contribution in [0.3, 0.4) is 0 Å². The van der Waals surface area contributed by atoms with E-state index in [-0.39, 0.29) is 30.5 Å². The van der Waals surface area contributed by atoms with Gasteiger partial charge in [-0.25, -0.2) is 0 Å². The summed E-state index contributed by atoms with van der Waals surface area (Å²) in [4.78, 5) is 21.6. The number of aromatic nitrogens is 1. The number of benzene rings is 1. The summed E-state index contributed by atoms with van der Waals surface area (Å²) in [6.45, 7) is 2.53. The lowest BCUT2D eigenvalue weighted by molar-refractivity contribution is -0.135. The molecule has 35 heavy (non-hydrogen) atoms. The molecule has 2 saturated heterocycles. The maximum Gasteiger partial charge on any atom is 0.227 e. The van der Waals surface area contributed by atoms with Crippen LogP contribution in [0.25, 0.3) is 0 Å². The summed E-state index contributed by atoms with van der Waals surface area (Å²) in [7, 11) is 0. The number of rotatable bonds is 4. The van der Waals surface area contributed by atoms with E-state index in [4.69, 9.17) is 0 Å². The van der Waals surface area contributed by atoms with Crippen LogP contribution >= 0.6 is 0 Å². The summed E-state index contributed by atoms with van der Waals surface area (Å²) in [5, 5.41) is 20.7. The normalized spacial score (nSPS) is 26.0. The van der Waals surface area contributed by atoms with Crippen LogP contribution in [-0.4, -0.2) is 74.8 Å². The molecule has 1 aromatic heterocycles. The van der Waals surface area contributed by atoms with Crippen molar-refractivity contribution in [1.29, 1.82) is 0 Å². The van der Waals surface area contributed by atoms with Gasteiger partial charge in [-0.2, -0.15) is 0 Å². The highest BCUT2D eigenvalue weighted by atomic mass is 16.3. The minimum atomic E-state index is -0.833. The molecule has 1 aliphatic carbocycles. The van der Waals surface area contributed by atoms with Gasteiger partial charge in [-0.05, 0) is 80.5 Å². The first-order valence-corrected chi connectivity index (χ1v) is 13.0. The van der Waals surface area contributed by atoms with E-state index in [1.807, 2.05) is 29.2 Å². The molecule has 2 aliphatic heterocycles. The van der Waals surface area contributed by atoms with Crippen molar-refractivity contribution in [3.63, 3.8) is 0 Å². The summed E-state index contributed by atoms with van der Waals surface area (Å²) >= 11 is 0. The number of fused-ring (bicyclic) bond motifs is 1. The molecule has 1 amide bonds. The Morgan fingerprint density at radius 3 is 2.46 bits per heavy atom. The van der Waals surface area contributed by atoms with Gasteiger partial charge in [0, 0.05) is 49.0 Å². The molecule has 3 atom stereocenters. The van der Waals surface area contributed by atoms with Crippen LogP contribution in [0.4, 0.5) is 0 Å². The Labute approximate surface area is 208 Å². The quantitative estimate of drug-likeness (QED) is 0.668. The van der Waals surface area contributed by atoms with Crippen LogP contribution < -0.4 is 0 Å². The molecule has 3 aliphatic rings. The molecule has 6 nitrogen and oxygen atoms in total. The molecule has 0 radical (unpaired) electrons. The van der Waals surface area contributed by atoms with Crippen LogP contribution in [0.2, 0.25) is 0 Å². The first-order valence-electron chi connectivity index (χ1n) is 13.0. The predicted octanol–water partition coefficient (Wildman–Crippen LogP) is 2.73. The number of hydrogen-bond donors (Lipinski definition) is 2. The highest BCUT2D eigenvalue weighted by Crippen LogP contribution is 2.42. The first kappa shape index (κ1) is 24.0. The van der Waals surface area contributed by atoms with E-state index < -0.39 is 5.60 Å². The van der Waals surface area contributed by atoms with Crippen molar-refractivity contribution in [3.05, 3.63) is 65.5 Å². The largest absolute Gasteiger partial charge is 0.395 e. The van der Waals surface area contributed by atoms with E-state index in [0.717, 1.165) is 62.7 Å². The molecule has 2 N–H and O–H groups in total. The summed E-state index contributed by atoms with van der Waals surface area (Å²) in [5.41, 5.74) is 2.23. The van der Waals surface area contributed by atoms with E-state index in [1.54, 1.807) is 12.4 Å². The van der Waals surface area contributed by atoms with Gasteiger partial charge in [-0.3, -0.25) is 14.7 Å². The zero-order valence-electron chi connectivity index (χ0n) is 20.3. The maximum absolute atomic E-state index is 13.2. The van der Waals surface area contributed by atoms with E-state index in [2.05, 4.69) is 33.9 Å². The molecule has 0 spiro atoms. The topological polar surface area (TPSA) is 76.9 Å². The fourth-order valence-corrected chi connectivity index (χ4v) is 6.02. The zero-order valence-corrected chi connectivity index (χ0v) is 20.3. The Morgan fingerprint density at radius 1 is 1.03 bits per heavy atom. The Hall–Kier alpha value is -2.72. The first-order chi connectivity index (χ1) is 17.1. The molecular formula is C29H35N3O3. The molecule has 0 unspecified atom stereocenters. The van der Waals surface area contributed by atoms with Gasteiger partial charge in [-0.15, -0.1) is 0 Å². The van der Waals surface area contributed by atoms with Gasteiger partial charge in [0.2, 0.25) is 5.91 Å². The number of amides is 1. The molecule has 1 aromatic carbocycles. The van der Waals surface area contributed by atoms with Gasteiger partial charge in [0.25, 0.3) is 0 Å². The number of hydrogen-bond acceptors (Lipinski definition) is 5. The number of carbonyl (C=O) groups excluding carboxylic acids is 1. The number of nitrogens with zero attached hydrogens (tertiary/aromatic N) is 3. The van der Waals surface area contributed by atoms with Crippen molar-refractivity contribution < 1.29 is 15.0 Å².